The van der Waals surface area contributed by atoms with Gasteiger partial charge in [0.15, 0.2) is 0 Å². The first kappa shape index (κ1) is 14.1. The zero-order valence-corrected chi connectivity index (χ0v) is 11.7. The van der Waals surface area contributed by atoms with Crippen molar-refractivity contribution in [2.24, 2.45) is 5.73 Å². The van der Waals surface area contributed by atoms with Crippen LogP contribution < -0.4 is 16.0 Å². The molecule has 0 radical (unpaired) electrons. The fourth-order valence-corrected chi connectivity index (χ4v) is 2.70. The molecule has 3 rings (SSSR count). The molecule has 22 heavy (non-hydrogen) atoms. The number of amides is 4. The van der Waals surface area contributed by atoms with Crippen LogP contribution in [0, 0.1) is 0 Å². The van der Waals surface area contributed by atoms with Crippen LogP contribution in [0.5, 0.6) is 0 Å². The van der Waals surface area contributed by atoms with E-state index in [1.165, 1.54) is 4.90 Å². The summed E-state index contributed by atoms with van der Waals surface area (Å²) >= 11 is 0. The van der Waals surface area contributed by atoms with E-state index in [0.29, 0.717) is 23.4 Å². The van der Waals surface area contributed by atoms with Gasteiger partial charge in [-0.3, -0.25) is 10.2 Å². The first-order valence-electron chi connectivity index (χ1n) is 6.83. The third-order valence-electron chi connectivity index (χ3n) is 3.62. The van der Waals surface area contributed by atoms with E-state index in [-0.39, 0.29) is 0 Å². The minimum Gasteiger partial charge on any atom is -0.388 e. The van der Waals surface area contributed by atoms with Crippen molar-refractivity contribution in [3.63, 3.8) is 0 Å². The van der Waals surface area contributed by atoms with Gasteiger partial charge in [-0.25, -0.2) is 9.59 Å². The number of carbonyl (C=O) groups is 2. The van der Waals surface area contributed by atoms with Crippen LogP contribution in [-0.2, 0) is 6.42 Å². The molecule has 0 saturated carbocycles. The summed E-state index contributed by atoms with van der Waals surface area (Å²) in [5.41, 5.74) is 7.64. The third-order valence-corrected chi connectivity index (χ3v) is 3.62. The van der Waals surface area contributed by atoms with Gasteiger partial charge in [0, 0.05) is 12.0 Å². The fourth-order valence-electron chi connectivity index (χ4n) is 2.70. The highest BCUT2D eigenvalue weighted by Crippen LogP contribution is 2.39. The second-order valence-corrected chi connectivity index (χ2v) is 5.04. The molecule has 0 aliphatic carbocycles. The molecule has 112 valence electrons. The number of fused-ring (bicyclic) bond motifs is 2. The van der Waals surface area contributed by atoms with E-state index in [0.717, 1.165) is 5.56 Å². The van der Waals surface area contributed by atoms with Crippen molar-refractivity contribution in [1.29, 1.82) is 0 Å². The van der Waals surface area contributed by atoms with Crippen molar-refractivity contribution in [3.8, 4) is 0 Å². The number of nitrogens with one attached hydrogen (secondary N) is 1. The lowest BCUT2D eigenvalue weighted by molar-refractivity contribution is 0.180. The number of anilines is 2. The van der Waals surface area contributed by atoms with Crippen LogP contribution in [0.1, 0.15) is 17.2 Å². The van der Waals surface area contributed by atoms with E-state index in [1.54, 1.807) is 36.4 Å². The Balaban J connectivity index is 2.20. The Morgan fingerprint density at radius 2 is 1.73 bits per heavy atom. The van der Waals surface area contributed by atoms with E-state index in [4.69, 9.17) is 5.73 Å². The van der Waals surface area contributed by atoms with Gasteiger partial charge in [0.2, 0.25) is 0 Å². The first-order chi connectivity index (χ1) is 10.6. The molecule has 0 bridgehead atoms. The summed E-state index contributed by atoms with van der Waals surface area (Å²) in [5, 5.41) is 12.5. The van der Waals surface area contributed by atoms with Gasteiger partial charge in [0.1, 0.15) is 0 Å². The van der Waals surface area contributed by atoms with Gasteiger partial charge in [-0.2, -0.15) is 0 Å². The van der Waals surface area contributed by atoms with Crippen LogP contribution in [0.25, 0.3) is 0 Å². The topological polar surface area (TPSA) is 95.7 Å². The van der Waals surface area contributed by atoms with Crippen LogP contribution in [0.4, 0.5) is 21.0 Å². The molecule has 1 aliphatic rings. The molecule has 2 aromatic carbocycles. The van der Waals surface area contributed by atoms with E-state index >= 15 is 0 Å². The third kappa shape index (κ3) is 2.40. The number of aliphatic hydroxyl groups is 1. The van der Waals surface area contributed by atoms with Crippen LogP contribution in [0.3, 0.4) is 0 Å². The number of benzene rings is 2. The molecule has 1 atom stereocenters. The molecule has 0 spiro atoms. The largest absolute Gasteiger partial charge is 0.388 e. The molecule has 2 aromatic rings. The van der Waals surface area contributed by atoms with Crippen LogP contribution in [0.2, 0.25) is 0 Å². The molecule has 0 saturated heterocycles. The summed E-state index contributed by atoms with van der Waals surface area (Å²) in [4.78, 5) is 24.8. The number of nitrogens with two attached hydrogens (primary N) is 1. The SMILES string of the molecule is NC(=O)NC(=O)N1c2ccccc2C[C@H](O)c2ccccc21. The summed E-state index contributed by atoms with van der Waals surface area (Å²) in [6.07, 6.45) is -0.350. The van der Waals surface area contributed by atoms with Crippen molar-refractivity contribution in [2.45, 2.75) is 12.5 Å². The standard InChI is InChI=1S/C16H15N3O3/c17-15(21)18-16(22)19-12-7-3-1-5-10(12)9-14(20)11-6-2-4-8-13(11)19/h1-8,14,20H,9H2,(H3,17,18,21,22)/t14-/m0/s1. The number of para-hydroxylation sites is 2. The molecule has 4 amide bonds. The zero-order valence-electron chi connectivity index (χ0n) is 11.7. The number of hydrogen-bond acceptors (Lipinski definition) is 3. The highest BCUT2D eigenvalue weighted by atomic mass is 16.3. The molecule has 0 unspecified atom stereocenters. The molecule has 4 N–H and O–H groups in total. The second kappa shape index (κ2) is 5.50. The maximum atomic E-state index is 12.4. The summed E-state index contributed by atoms with van der Waals surface area (Å²) < 4.78 is 0. The number of imide groups is 1. The zero-order chi connectivity index (χ0) is 15.7. The molecule has 6 nitrogen and oxygen atoms in total. The van der Waals surface area contributed by atoms with Gasteiger partial charge in [-0.05, 0) is 17.7 Å². The van der Waals surface area contributed by atoms with Crippen molar-refractivity contribution < 1.29 is 14.7 Å². The van der Waals surface area contributed by atoms with Crippen molar-refractivity contribution in [1.82, 2.24) is 5.32 Å². The van der Waals surface area contributed by atoms with E-state index in [1.807, 2.05) is 12.1 Å². The molecular weight excluding hydrogens is 282 g/mol. The smallest absolute Gasteiger partial charge is 0.334 e. The van der Waals surface area contributed by atoms with Crippen molar-refractivity contribution in [3.05, 3.63) is 59.7 Å². The highest BCUT2D eigenvalue weighted by Gasteiger charge is 2.29. The Labute approximate surface area is 127 Å². The van der Waals surface area contributed by atoms with Gasteiger partial charge in [0.05, 0.1) is 17.5 Å². The summed E-state index contributed by atoms with van der Waals surface area (Å²) in [6, 6.07) is 12.7. The average Bonchev–Trinajstić information content (AvgIpc) is 2.61. The van der Waals surface area contributed by atoms with Crippen molar-refractivity contribution in [2.75, 3.05) is 4.90 Å². The minimum absolute atomic E-state index is 0.382. The normalized spacial score (nSPS) is 16.2. The highest BCUT2D eigenvalue weighted by molar-refractivity contribution is 6.07. The number of primary amides is 1. The monoisotopic (exact) mass is 297 g/mol. The molecule has 0 fully saturated rings. The molecule has 0 aromatic heterocycles. The fraction of sp³-hybridized carbons (Fsp3) is 0.125. The van der Waals surface area contributed by atoms with Gasteiger partial charge < -0.3 is 10.8 Å². The molecule has 6 heteroatoms. The van der Waals surface area contributed by atoms with Crippen LogP contribution in [0.15, 0.2) is 48.5 Å². The number of rotatable bonds is 0. The maximum Gasteiger partial charge on any atom is 0.334 e. The summed E-state index contributed by atoms with van der Waals surface area (Å²) in [5.74, 6) is 0. The number of urea groups is 2. The van der Waals surface area contributed by atoms with Crippen LogP contribution in [-0.4, -0.2) is 17.2 Å². The maximum absolute atomic E-state index is 12.4. The van der Waals surface area contributed by atoms with E-state index in [9.17, 15) is 14.7 Å². The first-order valence-corrected chi connectivity index (χ1v) is 6.83. The number of hydrogen-bond donors (Lipinski definition) is 3. The summed E-state index contributed by atoms with van der Waals surface area (Å²) in [7, 11) is 0. The lowest BCUT2D eigenvalue weighted by atomic mass is 10.0. The van der Waals surface area contributed by atoms with E-state index in [2.05, 4.69) is 5.32 Å². The quantitative estimate of drug-likeness (QED) is 0.695. The Hall–Kier alpha value is -2.86. The lowest BCUT2D eigenvalue weighted by Crippen LogP contribution is -2.43. The Morgan fingerprint density at radius 1 is 1.09 bits per heavy atom. The predicted molar refractivity (Wildman–Crippen MR) is 81.8 cm³/mol. The second-order valence-electron chi connectivity index (χ2n) is 5.04. The van der Waals surface area contributed by atoms with Crippen LogP contribution >= 0.6 is 0 Å². The van der Waals surface area contributed by atoms with Gasteiger partial charge in [-0.15, -0.1) is 0 Å². The molecule has 1 heterocycles. The van der Waals surface area contributed by atoms with Gasteiger partial charge >= 0.3 is 12.1 Å². The Bertz CT molecular complexity index is 745. The van der Waals surface area contributed by atoms with Crippen molar-refractivity contribution >= 4 is 23.4 Å². The van der Waals surface area contributed by atoms with Gasteiger partial charge in [-0.1, -0.05) is 36.4 Å². The molecule has 1 aliphatic heterocycles. The number of nitrogens with zero attached hydrogens (tertiary/aromatic N) is 1. The van der Waals surface area contributed by atoms with Gasteiger partial charge in [0.25, 0.3) is 0 Å². The molecular formula is C16H15N3O3. The predicted octanol–water partition coefficient (Wildman–Crippen LogP) is 2.20. The summed E-state index contributed by atoms with van der Waals surface area (Å²) in [6.45, 7) is 0. The Morgan fingerprint density at radius 3 is 2.45 bits per heavy atom. The Kier molecular flexibility index (Phi) is 3.52. The number of carbonyl (C=O) groups excluding carboxylic acids is 2. The van der Waals surface area contributed by atoms with E-state index < -0.39 is 18.2 Å². The minimum atomic E-state index is -0.926. The number of aliphatic hydroxyl groups excluding tert-OH is 1. The average molecular weight is 297 g/mol. The lowest BCUT2D eigenvalue weighted by Gasteiger charge is -2.24.